The predicted molar refractivity (Wildman–Crippen MR) is 96.9 cm³/mol. The zero-order valence-electron chi connectivity index (χ0n) is 13.9. The van der Waals surface area contributed by atoms with Crippen LogP contribution in [0.5, 0.6) is 5.75 Å². The van der Waals surface area contributed by atoms with Gasteiger partial charge in [0.2, 0.25) is 5.91 Å². The van der Waals surface area contributed by atoms with Gasteiger partial charge in [-0.15, -0.1) is 0 Å². The molecule has 0 spiro atoms. The van der Waals surface area contributed by atoms with Gasteiger partial charge in [0.15, 0.2) is 0 Å². The number of nitrogens with one attached hydrogen (secondary N) is 1. The summed E-state index contributed by atoms with van der Waals surface area (Å²) in [4.78, 5) is 25.8. The van der Waals surface area contributed by atoms with Crippen molar-refractivity contribution >= 4 is 29.1 Å². The Bertz CT molecular complexity index is 779. The van der Waals surface area contributed by atoms with Gasteiger partial charge in [0.1, 0.15) is 11.8 Å². The molecule has 0 saturated carbocycles. The van der Waals surface area contributed by atoms with Gasteiger partial charge in [-0.05, 0) is 24.6 Å². The standard InChI is InChI=1S/C19H19ClN2O3/c1-13(23)21-17-15-9-5-10-16(20)18(15)22(19(17)24)11-6-12-25-14-7-3-2-4-8-14/h2-5,7-10,17H,6,11-12H2,1H3,(H,21,23)/t17-/m1/s1. The predicted octanol–water partition coefficient (Wildman–Crippen LogP) is 3.33. The number of carbonyl (C=O) groups is 2. The van der Waals surface area contributed by atoms with Crippen LogP contribution in [0.25, 0.3) is 0 Å². The fraction of sp³-hybridized carbons (Fsp3) is 0.263. The first-order valence-corrected chi connectivity index (χ1v) is 8.50. The molecule has 1 atom stereocenters. The molecule has 0 bridgehead atoms. The maximum atomic E-state index is 12.7. The molecule has 0 unspecified atom stereocenters. The van der Waals surface area contributed by atoms with Crippen LogP contribution in [0.15, 0.2) is 48.5 Å². The molecule has 6 heteroatoms. The second-order valence-electron chi connectivity index (χ2n) is 5.82. The average molecular weight is 359 g/mol. The Morgan fingerprint density at radius 3 is 2.68 bits per heavy atom. The van der Waals surface area contributed by atoms with Crippen LogP contribution in [-0.4, -0.2) is 25.0 Å². The summed E-state index contributed by atoms with van der Waals surface area (Å²) >= 11 is 6.30. The molecule has 2 amide bonds. The third-order valence-electron chi connectivity index (χ3n) is 4.00. The first kappa shape index (κ1) is 17.3. The lowest BCUT2D eigenvalue weighted by molar-refractivity contribution is -0.126. The molecular weight excluding hydrogens is 340 g/mol. The quantitative estimate of drug-likeness (QED) is 0.806. The summed E-state index contributed by atoms with van der Waals surface area (Å²) in [5, 5.41) is 3.20. The Hall–Kier alpha value is -2.53. The molecule has 1 heterocycles. The molecule has 25 heavy (non-hydrogen) atoms. The number of amides is 2. The Morgan fingerprint density at radius 2 is 1.96 bits per heavy atom. The van der Waals surface area contributed by atoms with Crippen LogP contribution in [0.4, 0.5) is 5.69 Å². The van der Waals surface area contributed by atoms with Gasteiger partial charge in [-0.1, -0.05) is 41.9 Å². The number of benzene rings is 2. The normalized spacial score (nSPS) is 15.8. The van der Waals surface area contributed by atoms with E-state index in [0.717, 1.165) is 11.3 Å². The van der Waals surface area contributed by atoms with Gasteiger partial charge in [0.25, 0.3) is 5.91 Å². The molecule has 0 saturated heterocycles. The number of carbonyl (C=O) groups excluding carboxylic acids is 2. The molecule has 1 aliphatic rings. The molecule has 0 aliphatic carbocycles. The van der Waals surface area contributed by atoms with Gasteiger partial charge >= 0.3 is 0 Å². The van der Waals surface area contributed by atoms with Gasteiger partial charge in [-0.25, -0.2) is 0 Å². The number of nitrogens with zero attached hydrogens (tertiary/aromatic N) is 1. The number of halogens is 1. The molecule has 130 valence electrons. The summed E-state index contributed by atoms with van der Waals surface area (Å²) in [6.07, 6.45) is 0.651. The molecular formula is C19H19ClN2O3. The molecule has 1 N–H and O–H groups in total. The number of rotatable bonds is 6. The molecule has 1 aliphatic heterocycles. The topological polar surface area (TPSA) is 58.6 Å². The van der Waals surface area contributed by atoms with Crippen molar-refractivity contribution < 1.29 is 14.3 Å². The van der Waals surface area contributed by atoms with Crippen molar-refractivity contribution in [1.29, 1.82) is 0 Å². The van der Waals surface area contributed by atoms with Crippen molar-refractivity contribution in [2.75, 3.05) is 18.1 Å². The highest BCUT2D eigenvalue weighted by Crippen LogP contribution is 2.40. The van der Waals surface area contributed by atoms with Crippen molar-refractivity contribution in [2.45, 2.75) is 19.4 Å². The molecule has 2 aromatic rings. The smallest absolute Gasteiger partial charge is 0.254 e. The zero-order chi connectivity index (χ0) is 17.8. The maximum Gasteiger partial charge on any atom is 0.254 e. The highest BCUT2D eigenvalue weighted by Gasteiger charge is 2.38. The van der Waals surface area contributed by atoms with Gasteiger partial charge in [0, 0.05) is 19.0 Å². The van der Waals surface area contributed by atoms with Crippen LogP contribution < -0.4 is 15.0 Å². The van der Waals surface area contributed by atoms with E-state index in [4.69, 9.17) is 16.3 Å². The SMILES string of the molecule is CC(=O)N[C@H]1C(=O)N(CCCOc2ccccc2)c2c(Cl)cccc21. The summed E-state index contributed by atoms with van der Waals surface area (Å²) in [5.41, 5.74) is 1.41. The van der Waals surface area contributed by atoms with E-state index < -0.39 is 6.04 Å². The van der Waals surface area contributed by atoms with Crippen LogP contribution in [0.1, 0.15) is 24.9 Å². The van der Waals surface area contributed by atoms with E-state index in [1.165, 1.54) is 6.92 Å². The molecule has 0 radical (unpaired) electrons. The van der Waals surface area contributed by atoms with Gasteiger partial charge in [-0.2, -0.15) is 0 Å². The van der Waals surface area contributed by atoms with E-state index in [1.54, 1.807) is 17.0 Å². The van der Waals surface area contributed by atoms with E-state index in [0.29, 0.717) is 30.3 Å². The number of ether oxygens (including phenoxy) is 1. The highest BCUT2D eigenvalue weighted by atomic mass is 35.5. The lowest BCUT2D eigenvalue weighted by Gasteiger charge is -2.19. The van der Waals surface area contributed by atoms with Crippen LogP contribution in [-0.2, 0) is 9.59 Å². The van der Waals surface area contributed by atoms with Crippen molar-refractivity contribution in [3.8, 4) is 5.75 Å². The van der Waals surface area contributed by atoms with E-state index in [1.807, 2.05) is 36.4 Å². The summed E-state index contributed by atoms with van der Waals surface area (Å²) in [7, 11) is 0. The van der Waals surface area contributed by atoms with Crippen molar-refractivity contribution in [3.63, 3.8) is 0 Å². The Kier molecular flexibility index (Phi) is 5.24. The maximum absolute atomic E-state index is 12.7. The summed E-state index contributed by atoms with van der Waals surface area (Å²) < 4.78 is 5.67. The minimum Gasteiger partial charge on any atom is -0.494 e. The van der Waals surface area contributed by atoms with Crippen LogP contribution in [0, 0.1) is 0 Å². The number of hydrogen-bond donors (Lipinski definition) is 1. The van der Waals surface area contributed by atoms with Crippen molar-refractivity contribution in [1.82, 2.24) is 5.32 Å². The molecule has 5 nitrogen and oxygen atoms in total. The fourth-order valence-corrected chi connectivity index (χ4v) is 3.23. The number of para-hydroxylation sites is 2. The third kappa shape index (κ3) is 3.77. The zero-order valence-corrected chi connectivity index (χ0v) is 14.6. The highest BCUT2D eigenvalue weighted by molar-refractivity contribution is 6.34. The number of anilines is 1. The lowest BCUT2D eigenvalue weighted by Crippen LogP contribution is -2.37. The Morgan fingerprint density at radius 1 is 1.20 bits per heavy atom. The monoisotopic (exact) mass is 358 g/mol. The largest absolute Gasteiger partial charge is 0.494 e. The molecule has 0 aromatic heterocycles. The van der Waals surface area contributed by atoms with E-state index >= 15 is 0 Å². The number of fused-ring (bicyclic) bond motifs is 1. The van der Waals surface area contributed by atoms with E-state index in [-0.39, 0.29) is 11.8 Å². The second-order valence-corrected chi connectivity index (χ2v) is 6.22. The van der Waals surface area contributed by atoms with E-state index in [2.05, 4.69) is 5.32 Å². The fourth-order valence-electron chi connectivity index (χ4n) is 2.94. The van der Waals surface area contributed by atoms with Crippen LogP contribution >= 0.6 is 11.6 Å². The average Bonchev–Trinajstić information content (AvgIpc) is 2.86. The van der Waals surface area contributed by atoms with Gasteiger partial charge in [-0.3, -0.25) is 9.59 Å². The Labute approximate surface area is 151 Å². The molecule has 3 rings (SSSR count). The molecule has 0 fully saturated rings. The summed E-state index contributed by atoms with van der Waals surface area (Å²) in [5.74, 6) is 0.376. The summed E-state index contributed by atoms with van der Waals surface area (Å²) in [6.45, 7) is 2.35. The second kappa shape index (κ2) is 7.57. The van der Waals surface area contributed by atoms with Crippen LogP contribution in [0.2, 0.25) is 5.02 Å². The van der Waals surface area contributed by atoms with Crippen molar-refractivity contribution in [2.24, 2.45) is 0 Å². The summed E-state index contributed by atoms with van der Waals surface area (Å²) in [6, 6.07) is 14.2. The van der Waals surface area contributed by atoms with Gasteiger partial charge < -0.3 is 15.0 Å². The Balaban J connectivity index is 1.69. The number of hydrogen-bond acceptors (Lipinski definition) is 3. The minimum atomic E-state index is -0.679. The van der Waals surface area contributed by atoms with Gasteiger partial charge in [0.05, 0.1) is 17.3 Å². The molecule has 2 aromatic carbocycles. The minimum absolute atomic E-state index is 0.169. The van der Waals surface area contributed by atoms with Crippen molar-refractivity contribution in [3.05, 3.63) is 59.1 Å². The first-order chi connectivity index (χ1) is 12.1. The van der Waals surface area contributed by atoms with E-state index in [9.17, 15) is 9.59 Å². The third-order valence-corrected chi connectivity index (χ3v) is 4.30. The lowest BCUT2D eigenvalue weighted by atomic mass is 10.1. The van der Waals surface area contributed by atoms with Crippen LogP contribution in [0.3, 0.4) is 0 Å². The first-order valence-electron chi connectivity index (χ1n) is 8.12.